The van der Waals surface area contributed by atoms with Crippen LogP contribution in [0.5, 0.6) is 0 Å². The highest BCUT2D eigenvalue weighted by molar-refractivity contribution is 5.90. The van der Waals surface area contributed by atoms with Gasteiger partial charge in [-0.15, -0.1) is 0 Å². The Morgan fingerprint density at radius 1 is 1.25 bits per heavy atom. The summed E-state index contributed by atoms with van der Waals surface area (Å²) >= 11 is 0. The maximum Gasteiger partial charge on any atom is 0.242 e. The molecule has 0 radical (unpaired) electrons. The van der Waals surface area contributed by atoms with Crippen molar-refractivity contribution in [2.45, 2.75) is 37.9 Å². The minimum Gasteiger partial charge on any atom is -0.354 e. The average molecular weight is 273 g/mol. The van der Waals surface area contributed by atoms with E-state index in [0.29, 0.717) is 19.5 Å². The van der Waals surface area contributed by atoms with Gasteiger partial charge in [-0.3, -0.25) is 9.59 Å². The molecule has 2 atom stereocenters. The number of amides is 2. The third-order valence-corrected chi connectivity index (χ3v) is 4.00. The fourth-order valence-corrected chi connectivity index (χ4v) is 2.82. The minimum atomic E-state index is -0.379. The number of piperidine rings is 1. The van der Waals surface area contributed by atoms with Gasteiger partial charge < -0.3 is 16.0 Å². The Bertz CT molecular complexity index is 530. The molecular formula is C15H19N3O2. The van der Waals surface area contributed by atoms with Crippen LogP contribution in [0.3, 0.4) is 0 Å². The quantitative estimate of drug-likeness (QED) is 0.715. The van der Waals surface area contributed by atoms with Gasteiger partial charge in [0, 0.05) is 13.1 Å². The molecule has 1 fully saturated rings. The smallest absolute Gasteiger partial charge is 0.242 e. The van der Waals surface area contributed by atoms with Crippen LogP contribution in [0.25, 0.3) is 0 Å². The molecule has 5 nitrogen and oxygen atoms in total. The number of fused-ring (bicyclic) bond motifs is 1. The zero-order valence-corrected chi connectivity index (χ0v) is 11.3. The summed E-state index contributed by atoms with van der Waals surface area (Å²) in [5, 5.41) is 8.87. The summed E-state index contributed by atoms with van der Waals surface area (Å²) < 4.78 is 0. The van der Waals surface area contributed by atoms with Gasteiger partial charge in [0.25, 0.3) is 0 Å². The topological polar surface area (TPSA) is 70.2 Å². The summed E-state index contributed by atoms with van der Waals surface area (Å²) in [5.41, 5.74) is 2.45. The molecule has 0 aromatic heterocycles. The summed E-state index contributed by atoms with van der Waals surface area (Å²) in [4.78, 5) is 23.9. The van der Waals surface area contributed by atoms with E-state index >= 15 is 0 Å². The summed E-state index contributed by atoms with van der Waals surface area (Å²) in [6, 6.07) is 7.50. The van der Waals surface area contributed by atoms with E-state index in [1.165, 1.54) is 11.1 Å². The van der Waals surface area contributed by atoms with Crippen LogP contribution in [0.1, 0.15) is 24.0 Å². The number of hydrogen-bond acceptors (Lipinski definition) is 3. The normalized spacial score (nSPS) is 25.5. The number of nitrogens with one attached hydrogen (secondary N) is 3. The molecule has 2 amide bonds. The molecule has 5 heteroatoms. The zero-order valence-electron chi connectivity index (χ0n) is 11.3. The van der Waals surface area contributed by atoms with Gasteiger partial charge >= 0.3 is 0 Å². The third-order valence-electron chi connectivity index (χ3n) is 4.00. The van der Waals surface area contributed by atoms with E-state index in [-0.39, 0.29) is 23.9 Å². The zero-order chi connectivity index (χ0) is 13.9. The Hall–Kier alpha value is -1.88. The Balaban J connectivity index is 1.63. The van der Waals surface area contributed by atoms with E-state index in [1.807, 2.05) is 12.1 Å². The average Bonchev–Trinajstić information content (AvgIpc) is 2.49. The molecule has 2 aliphatic rings. The molecule has 20 heavy (non-hydrogen) atoms. The summed E-state index contributed by atoms with van der Waals surface area (Å²) in [6.45, 7) is 1.41. The molecular weight excluding hydrogens is 254 g/mol. The first-order valence-corrected chi connectivity index (χ1v) is 7.12. The molecule has 0 aliphatic carbocycles. The van der Waals surface area contributed by atoms with Crippen LogP contribution in [0.4, 0.5) is 0 Å². The Morgan fingerprint density at radius 3 is 2.85 bits per heavy atom. The number of hydrogen-bond donors (Lipinski definition) is 3. The molecule has 106 valence electrons. The minimum absolute atomic E-state index is 0.0687. The molecule has 2 unspecified atom stereocenters. The molecule has 1 aromatic rings. The van der Waals surface area contributed by atoms with Crippen molar-refractivity contribution in [1.82, 2.24) is 16.0 Å². The van der Waals surface area contributed by atoms with Crippen LogP contribution in [0, 0.1) is 0 Å². The highest BCUT2D eigenvalue weighted by atomic mass is 16.2. The van der Waals surface area contributed by atoms with Gasteiger partial charge in [0.2, 0.25) is 11.8 Å². The maximum atomic E-state index is 12.3. The second-order valence-corrected chi connectivity index (χ2v) is 5.40. The van der Waals surface area contributed by atoms with Crippen molar-refractivity contribution in [3.05, 3.63) is 35.4 Å². The SMILES string of the molecule is O=C(NC1CCCNC1=O)C1Cc2ccccc2CN1. The predicted molar refractivity (Wildman–Crippen MR) is 74.9 cm³/mol. The second-order valence-electron chi connectivity index (χ2n) is 5.40. The van der Waals surface area contributed by atoms with Gasteiger partial charge in [0.15, 0.2) is 0 Å². The first-order chi connectivity index (χ1) is 9.74. The van der Waals surface area contributed by atoms with E-state index in [9.17, 15) is 9.59 Å². The van der Waals surface area contributed by atoms with Gasteiger partial charge in [-0.1, -0.05) is 24.3 Å². The largest absolute Gasteiger partial charge is 0.354 e. The fraction of sp³-hybridized carbons (Fsp3) is 0.467. The van der Waals surface area contributed by atoms with Crippen molar-refractivity contribution < 1.29 is 9.59 Å². The Morgan fingerprint density at radius 2 is 2.05 bits per heavy atom. The lowest BCUT2D eigenvalue weighted by Gasteiger charge is -2.28. The molecule has 0 spiro atoms. The van der Waals surface area contributed by atoms with Crippen LogP contribution in [-0.4, -0.2) is 30.4 Å². The van der Waals surface area contributed by atoms with Gasteiger partial charge in [0.05, 0.1) is 6.04 Å². The molecule has 2 heterocycles. The van der Waals surface area contributed by atoms with Gasteiger partial charge in [0.1, 0.15) is 6.04 Å². The van der Waals surface area contributed by atoms with E-state index < -0.39 is 0 Å². The molecule has 1 aromatic carbocycles. The maximum absolute atomic E-state index is 12.3. The predicted octanol–water partition coefficient (Wildman–Crippen LogP) is 0.0957. The lowest BCUT2D eigenvalue weighted by atomic mass is 9.95. The monoisotopic (exact) mass is 273 g/mol. The molecule has 2 aliphatic heterocycles. The lowest BCUT2D eigenvalue weighted by molar-refractivity contribution is -0.131. The second kappa shape index (κ2) is 5.63. The van der Waals surface area contributed by atoms with Crippen molar-refractivity contribution in [3.8, 4) is 0 Å². The fourth-order valence-electron chi connectivity index (χ4n) is 2.82. The summed E-state index contributed by atoms with van der Waals surface area (Å²) in [7, 11) is 0. The number of rotatable bonds is 2. The molecule has 3 N–H and O–H groups in total. The van der Waals surface area contributed by atoms with Gasteiger partial charge in [-0.2, -0.15) is 0 Å². The highest BCUT2D eigenvalue weighted by Crippen LogP contribution is 2.16. The number of benzene rings is 1. The molecule has 0 bridgehead atoms. The third kappa shape index (κ3) is 2.67. The number of carbonyl (C=O) groups excluding carboxylic acids is 2. The first kappa shape index (κ1) is 13.1. The van der Waals surface area contributed by atoms with Crippen molar-refractivity contribution >= 4 is 11.8 Å². The van der Waals surface area contributed by atoms with E-state index in [1.54, 1.807) is 0 Å². The van der Waals surface area contributed by atoms with Crippen LogP contribution in [0.2, 0.25) is 0 Å². The van der Waals surface area contributed by atoms with Crippen molar-refractivity contribution in [1.29, 1.82) is 0 Å². The van der Waals surface area contributed by atoms with E-state index in [4.69, 9.17) is 0 Å². The van der Waals surface area contributed by atoms with Crippen molar-refractivity contribution in [2.75, 3.05) is 6.54 Å². The number of carbonyl (C=O) groups is 2. The highest BCUT2D eigenvalue weighted by Gasteiger charge is 2.29. The van der Waals surface area contributed by atoms with Gasteiger partial charge in [-0.05, 0) is 30.4 Å². The Kier molecular flexibility index (Phi) is 3.69. The van der Waals surface area contributed by atoms with Crippen molar-refractivity contribution in [2.24, 2.45) is 0 Å². The van der Waals surface area contributed by atoms with Crippen LogP contribution in [0.15, 0.2) is 24.3 Å². The molecule has 1 saturated heterocycles. The first-order valence-electron chi connectivity index (χ1n) is 7.12. The Labute approximate surface area is 118 Å². The van der Waals surface area contributed by atoms with Crippen molar-refractivity contribution in [3.63, 3.8) is 0 Å². The summed E-state index contributed by atoms with van der Waals surface area (Å²) in [6.07, 6.45) is 2.31. The van der Waals surface area contributed by atoms with E-state index in [2.05, 4.69) is 28.1 Å². The van der Waals surface area contributed by atoms with Crippen LogP contribution < -0.4 is 16.0 Å². The molecule has 3 rings (SSSR count). The standard InChI is InChI=1S/C15H19N3O2/c19-14-12(6-3-7-16-14)18-15(20)13-8-10-4-1-2-5-11(10)9-17-13/h1-2,4-5,12-13,17H,3,6-9H2,(H,16,19)(H,18,20). The van der Waals surface area contributed by atoms with Gasteiger partial charge in [-0.25, -0.2) is 0 Å². The van der Waals surface area contributed by atoms with E-state index in [0.717, 1.165) is 12.8 Å². The van der Waals surface area contributed by atoms with Crippen LogP contribution in [-0.2, 0) is 22.6 Å². The van der Waals surface area contributed by atoms with Crippen LogP contribution >= 0.6 is 0 Å². The summed E-state index contributed by atoms with van der Waals surface area (Å²) in [5.74, 6) is -0.151. The molecule has 0 saturated carbocycles. The lowest BCUT2D eigenvalue weighted by Crippen LogP contribution is -2.55.